The number of hydrogen-bond donors (Lipinski definition) is 3. The normalized spacial score (nSPS) is 15.9. The fourth-order valence-electron chi connectivity index (χ4n) is 3.30. The van der Waals surface area contributed by atoms with Crippen LogP contribution in [0.15, 0.2) is 0 Å². The van der Waals surface area contributed by atoms with E-state index in [2.05, 4.69) is 0 Å². The van der Waals surface area contributed by atoms with Gasteiger partial charge in [-0.2, -0.15) is 198 Å². The zero-order valence-electron chi connectivity index (χ0n) is 31.8. The van der Waals surface area contributed by atoms with Gasteiger partial charge in [0.15, 0.2) is 0 Å². The van der Waals surface area contributed by atoms with Crippen LogP contribution in [0.25, 0.3) is 0 Å². The van der Waals surface area contributed by atoms with E-state index in [1.54, 1.807) is 0 Å². The second-order valence-electron chi connectivity index (χ2n) is 12.7. The van der Waals surface area contributed by atoms with Crippen molar-refractivity contribution in [1.29, 1.82) is 0 Å². The summed E-state index contributed by atoms with van der Waals surface area (Å²) in [7, 11) is 0. The summed E-state index contributed by atoms with van der Waals surface area (Å²) < 4.78 is 560. The summed E-state index contributed by atoms with van der Waals surface area (Å²) in [6, 6.07) is 0. The molecule has 0 aliphatic rings. The van der Waals surface area contributed by atoms with Gasteiger partial charge in [-0.05, 0) is 0 Å². The molecule has 0 rings (SSSR count). The van der Waals surface area contributed by atoms with Gasteiger partial charge >= 0.3 is 143 Å². The minimum atomic E-state index is -8.47. The molecule has 76 heavy (non-hydrogen) atoms. The first-order valence-corrected chi connectivity index (χ1v) is 15.0. The second-order valence-corrected chi connectivity index (χ2v) is 12.7. The summed E-state index contributed by atoms with van der Waals surface area (Å²) in [5.41, 5.74) is 0. The fraction of sp³-hybridized carbons (Fsp3) is 0.875. The zero-order chi connectivity index (χ0) is 63.2. The zero-order valence-corrected chi connectivity index (χ0v) is 33.6. The van der Waals surface area contributed by atoms with Gasteiger partial charge in [-0.1, -0.05) is 0 Å². The molecule has 3 N–H and O–H groups in total. The summed E-state index contributed by atoms with van der Waals surface area (Å²) >= 11 is 0. The molecular weight excluding hydrogens is 1410 g/mol. The number of carbonyl (C=O) groups is 3. The third-order valence-corrected chi connectivity index (χ3v) is 7.79. The molecule has 0 radical (unpaired) electrons. The van der Waals surface area contributed by atoms with Crippen LogP contribution < -0.4 is 0 Å². The third-order valence-electron chi connectivity index (χ3n) is 7.79. The molecule has 52 heteroatoms. The van der Waals surface area contributed by atoms with Crippen molar-refractivity contribution in [3.8, 4) is 0 Å². The smallest absolute Gasteiger partial charge is 0.460 e. The average molecular weight is 1420 g/mol. The molecule has 0 spiro atoms. The van der Waals surface area contributed by atoms with Gasteiger partial charge < -0.3 is 15.3 Å². The van der Waals surface area contributed by atoms with Gasteiger partial charge in [0.25, 0.3) is 0 Å². The molecule has 0 aromatic heterocycles. The molecule has 6 nitrogen and oxygen atoms in total. The number of alkyl halides is 45. The molecule has 0 aliphatic heterocycles. The third kappa shape index (κ3) is 11.0. The van der Waals surface area contributed by atoms with Crippen LogP contribution in [0.3, 0.4) is 0 Å². The number of rotatable bonds is 18. The molecule has 0 saturated carbocycles. The maximum atomic E-state index is 12.8. The Balaban J connectivity index is -0.000000508. The summed E-state index contributed by atoms with van der Waals surface area (Å²) in [5, 5.41) is 22.7. The standard InChI is InChI=1S/3C8HF15O2.Yb/c3*9-2(10,1(24)25)3(11,12)4(13,14)5(15,16)6(17,18)7(19,20)8(21,22)23;/h3*(H,24,25);. The van der Waals surface area contributed by atoms with Crippen LogP contribution >= 0.6 is 0 Å². The number of carboxylic acids is 3. The van der Waals surface area contributed by atoms with E-state index < -0.39 is 143 Å². The number of aliphatic carboxylic acids is 3. The molecule has 464 valence electrons. The van der Waals surface area contributed by atoms with Gasteiger partial charge in [0.2, 0.25) is 0 Å². The average Bonchev–Trinajstić information content (AvgIpc) is 3.15. The summed E-state index contributed by atoms with van der Waals surface area (Å²) in [5.74, 6) is -158. The van der Waals surface area contributed by atoms with Crippen molar-refractivity contribution in [1.82, 2.24) is 0 Å². The van der Waals surface area contributed by atoms with Gasteiger partial charge in [0.05, 0.1) is 0 Å². The van der Waals surface area contributed by atoms with E-state index in [0.717, 1.165) is 0 Å². The van der Waals surface area contributed by atoms with Gasteiger partial charge in [-0.3, -0.25) is 0 Å². The Hall–Kier alpha value is -3.22. The predicted molar refractivity (Wildman–Crippen MR) is 130 cm³/mol. The van der Waals surface area contributed by atoms with Crippen molar-refractivity contribution in [2.45, 2.75) is 125 Å². The molecule has 0 aliphatic carbocycles. The van der Waals surface area contributed by atoms with Crippen molar-refractivity contribution in [2.24, 2.45) is 0 Å². The van der Waals surface area contributed by atoms with Crippen LogP contribution in [0, 0.1) is 46.9 Å². The molecule has 0 aromatic rings. The van der Waals surface area contributed by atoms with E-state index in [-0.39, 0.29) is 46.9 Å². The largest absolute Gasteiger partial charge is 0.477 e. The van der Waals surface area contributed by atoms with Crippen molar-refractivity contribution >= 4 is 17.9 Å². The Bertz CT molecular complexity index is 1830. The van der Waals surface area contributed by atoms with E-state index in [9.17, 15) is 212 Å². The molecule has 0 saturated heterocycles. The first-order chi connectivity index (χ1) is 31.3. The Morgan fingerprint density at radius 1 is 0.171 bits per heavy atom. The van der Waals surface area contributed by atoms with Crippen molar-refractivity contribution < 1.29 is 274 Å². The molecule has 0 bridgehead atoms. The van der Waals surface area contributed by atoms with Crippen LogP contribution in [0.1, 0.15) is 0 Å². The first-order valence-electron chi connectivity index (χ1n) is 15.0. The summed E-state index contributed by atoms with van der Waals surface area (Å²) in [4.78, 5) is 29.2. The van der Waals surface area contributed by atoms with Crippen LogP contribution in [0.4, 0.5) is 198 Å². The molecule has 0 atom stereocenters. The SMILES string of the molecule is O=C(O)C(F)(F)C(F)(F)C(F)(F)C(F)(F)C(F)(F)C(F)(F)C(F)(F)F.O=C(O)C(F)(F)C(F)(F)C(F)(F)C(F)(F)C(F)(F)C(F)(F)C(F)(F)F.O=C(O)C(F)(F)C(F)(F)C(F)(F)C(F)(F)C(F)(F)C(F)(F)C(F)(F)F.[Yb]. The topological polar surface area (TPSA) is 112 Å². The molecule has 0 heterocycles. The van der Waals surface area contributed by atoms with E-state index in [1.165, 1.54) is 0 Å². The van der Waals surface area contributed by atoms with Crippen molar-refractivity contribution in [2.75, 3.05) is 0 Å². The van der Waals surface area contributed by atoms with E-state index in [1.807, 2.05) is 0 Å². The summed E-state index contributed by atoms with van der Waals surface area (Å²) in [6.07, 6.45) is -23.1. The molecule has 0 amide bonds. The fourth-order valence-corrected chi connectivity index (χ4v) is 3.30. The molecule has 0 unspecified atom stereocenters. The van der Waals surface area contributed by atoms with Crippen LogP contribution in [0.2, 0.25) is 0 Å². The van der Waals surface area contributed by atoms with E-state index in [4.69, 9.17) is 15.3 Å². The Kier molecular flexibility index (Phi) is 21.6. The molecule has 0 aromatic carbocycles. The van der Waals surface area contributed by atoms with Crippen LogP contribution in [-0.4, -0.2) is 158 Å². The minimum absolute atomic E-state index is 0. The van der Waals surface area contributed by atoms with Gasteiger partial charge in [0, 0.05) is 46.9 Å². The number of carboxylic acid groups (broad SMARTS) is 3. The van der Waals surface area contributed by atoms with Crippen molar-refractivity contribution in [3.05, 3.63) is 0 Å². The number of halogens is 45. The molecular formula is C24H3F45O6Yb. The quantitative estimate of drug-likeness (QED) is 0.118. The molecule has 0 fully saturated rings. The first kappa shape index (κ1) is 79.3. The van der Waals surface area contributed by atoms with Gasteiger partial charge in [-0.25, -0.2) is 14.4 Å². The summed E-state index contributed by atoms with van der Waals surface area (Å²) in [6.45, 7) is 0. The maximum absolute atomic E-state index is 12.8. The number of hydrogen-bond acceptors (Lipinski definition) is 3. The Labute approximate surface area is 416 Å². The maximum Gasteiger partial charge on any atom is 0.460 e. The van der Waals surface area contributed by atoms with E-state index >= 15 is 0 Å². The second kappa shape index (κ2) is 20.7. The van der Waals surface area contributed by atoms with Crippen LogP contribution in [0.5, 0.6) is 0 Å². The Morgan fingerprint density at radius 3 is 0.329 bits per heavy atom. The van der Waals surface area contributed by atoms with Gasteiger partial charge in [0.1, 0.15) is 0 Å². The van der Waals surface area contributed by atoms with E-state index in [0.29, 0.717) is 0 Å². The predicted octanol–water partition coefficient (Wildman–Crippen LogP) is 13.3. The minimum Gasteiger partial charge on any atom is -0.477 e. The monoisotopic (exact) mass is 1420 g/mol. The Morgan fingerprint density at radius 2 is 0.250 bits per heavy atom. The van der Waals surface area contributed by atoms with Crippen LogP contribution in [-0.2, 0) is 14.4 Å². The van der Waals surface area contributed by atoms with Crippen molar-refractivity contribution in [3.63, 3.8) is 0 Å². The van der Waals surface area contributed by atoms with Gasteiger partial charge in [-0.15, -0.1) is 0 Å².